The molecular formula is C12H26. The lowest BCUT2D eigenvalue weighted by Crippen LogP contribution is -1.93. The second-order valence-electron chi connectivity index (χ2n) is 3.93. The van der Waals surface area contributed by atoms with Gasteiger partial charge >= 0.3 is 0 Å². The molecule has 1 rings (SSSR count). The molecule has 0 bridgehead atoms. The Bertz CT molecular complexity index is 86.0. The summed E-state index contributed by atoms with van der Waals surface area (Å²) in [5.74, 6) is 2.12. The fourth-order valence-corrected chi connectivity index (χ4v) is 2.08. The predicted octanol–water partition coefficient (Wildman–Crippen LogP) is 4.64. The average molecular weight is 170 g/mol. The molecular weight excluding hydrogens is 144 g/mol. The molecule has 74 valence electrons. The smallest absolute Gasteiger partial charge is 0.0412 e. The number of hydrogen-bond acceptors (Lipinski definition) is 0. The van der Waals surface area contributed by atoms with Gasteiger partial charge in [-0.1, -0.05) is 59.8 Å². The molecule has 0 amide bonds. The minimum atomic E-state index is 1.03. The highest BCUT2D eigenvalue weighted by Crippen LogP contribution is 2.33. The highest BCUT2D eigenvalue weighted by atomic mass is 14.3. The van der Waals surface area contributed by atoms with Crippen molar-refractivity contribution in [1.82, 2.24) is 0 Å². The van der Waals surface area contributed by atoms with Crippen LogP contribution in [0, 0.1) is 11.8 Å². The zero-order chi connectivity index (χ0) is 9.40. The summed E-state index contributed by atoms with van der Waals surface area (Å²) < 4.78 is 0. The monoisotopic (exact) mass is 170 g/mol. The second-order valence-corrected chi connectivity index (χ2v) is 3.93. The second kappa shape index (κ2) is 7.64. The molecule has 1 fully saturated rings. The van der Waals surface area contributed by atoms with Crippen molar-refractivity contribution in [2.75, 3.05) is 0 Å². The summed E-state index contributed by atoms with van der Waals surface area (Å²) in [5, 5.41) is 0. The van der Waals surface area contributed by atoms with Crippen molar-refractivity contribution < 1.29 is 0 Å². The van der Waals surface area contributed by atoms with Gasteiger partial charge < -0.3 is 0 Å². The Balaban J connectivity index is 0.000000561. The third-order valence-electron chi connectivity index (χ3n) is 2.77. The normalized spacial score (nSPS) is 28.0. The molecule has 0 saturated heterocycles. The molecule has 0 N–H and O–H groups in total. The van der Waals surface area contributed by atoms with Crippen LogP contribution in [0.1, 0.15) is 66.2 Å². The van der Waals surface area contributed by atoms with Crippen LogP contribution in [0.3, 0.4) is 0 Å². The van der Waals surface area contributed by atoms with Gasteiger partial charge in [-0.2, -0.15) is 0 Å². The summed E-state index contributed by atoms with van der Waals surface area (Å²) >= 11 is 0. The summed E-state index contributed by atoms with van der Waals surface area (Å²) in [6.45, 7) is 8.68. The fourth-order valence-electron chi connectivity index (χ4n) is 2.08. The molecule has 1 aliphatic carbocycles. The topological polar surface area (TPSA) is 0 Å². The van der Waals surface area contributed by atoms with Gasteiger partial charge in [0.15, 0.2) is 0 Å². The van der Waals surface area contributed by atoms with Gasteiger partial charge in [-0.25, -0.2) is 0 Å². The Labute approximate surface area is 78.8 Å². The summed E-state index contributed by atoms with van der Waals surface area (Å²) in [4.78, 5) is 0. The van der Waals surface area contributed by atoms with Gasteiger partial charge in [-0.05, 0) is 18.3 Å². The van der Waals surface area contributed by atoms with Crippen LogP contribution in [0.15, 0.2) is 0 Å². The lowest BCUT2D eigenvalue weighted by atomic mass is 10.00. The van der Waals surface area contributed by atoms with Crippen LogP contribution in [0.4, 0.5) is 0 Å². The Morgan fingerprint density at radius 1 is 1.17 bits per heavy atom. The standard InChI is InChI=1S/C10H20.C2H6/c1-3-4-5-10-7-6-9(2)8-10;1-2/h9-10H,3-8H2,1-2H3;1-2H3. The van der Waals surface area contributed by atoms with Gasteiger partial charge in [0.05, 0.1) is 0 Å². The van der Waals surface area contributed by atoms with E-state index < -0.39 is 0 Å². The van der Waals surface area contributed by atoms with Crippen molar-refractivity contribution in [1.29, 1.82) is 0 Å². The largest absolute Gasteiger partial charge is 0.0683 e. The highest BCUT2D eigenvalue weighted by molar-refractivity contribution is 4.72. The van der Waals surface area contributed by atoms with E-state index in [1.54, 1.807) is 0 Å². The highest BCUT2D eigenvalue weighted by Gasteiger charge is 2.19. The van der Waals surface area contributed by atoms with Crippen LogP contribution in [-0.2, 0) is 0 Å². The molecule has 0 spiro atoms. The van der Waals surface area contributed by atoms with E-state index in [9.17, 15) is 0 Å². The molecule has 0 aromatic carbocycles. The van der Waals surface area contributed by atoms with E-state index in [0.717, 1.165) is 11.8 Å². The predicted molar refractivity (Wildman–Crippen MR) is 57.4 cm³/mol. The van der Waals surface area contributed by atoms with Crippen molar-refractivity contribution >= 4 is 0 Å². The van der Waals surface area contributed by atoms with Crippen LogP contribution in [0.25, 0.3) is 0 Å². The molecule has 0 nitrogen and oxygen atoms in total. The van der Waals surface area contributed by atoms with Crippen molar-refractivity contribution in [3.63, 3.8) is 0 Å². The average Bonchev–Trinajstić information content (AvgIpc) is 2.51. The van der Waals surface area contributed by atoms with E-state index in [2.05, 4.69) is 13.8 Å². The first-order chi connectivity index (χ1) is 5.83. The fraction of sp³-hybridized carbons (Fsp3) is 1.00. The van der Waals surface area contributed by atoms with Crippen molar-refractivity contribution in [2.45, 2.75) is 66.2 Å². The Kier molecular flexibility index (Phi) is 7.64. The molecule has 0 aliphatic heterocycles. The quantitative estimate of drug-likeness (QED) is 0.579. The molecule has 1 aliphatic rings. The van der Waals surface area contributed by atoms with Crippen molar-refractivity contribution in [3.05, 3.63) is 0 Å². The number of rotatable bonds is 3. The minimum absolute atomic E-state index is 1.03. The minimum Gasteiger partial charge on any atom is -0.0683 e. The molecule has 0 aromatic heterocycles. The van der Waals surface area contributed by atoms with E-state index in [-0.39, 0.29) is 0 Å². The summed E-state index contributed by atoms with van der Waals surface area (Å²) in [7, 11) is 0. The van der Waals surface area contributed by atoms with E-state index in [4.69, 9.17) is 0 Å². The first kappa shape index (κ1) is 12.0. The zero-order valence-electron chi connectivity index (χ0n) is 9.40. The Hall–Kier alpha value is 0. The number of unbranched alkanes of at least 4 members (excludes halogenated alkanes) is 1. The summed E-state index contributed by atoms with van der Waals surface area (Å²) in [6.07, 6.45) is 8.86. The molecule has 1 saturated carbocycles. The van der Waals surface area contributed by atoms with Crippen LogP contribution >= 0.6 is 0 Å². The Morgan fingerprint density at radius 3 is 2.25 bits per heavy atom. The molecule has 2 atom stereocenters. The lowest BCUT2D eigenvalue weighted by Gasteiger charge is -2.06. The van der Waals surface area contributed by atoms with Crippen molar-refractivity contribution in [2.24, 2.45) is 11.8 Å². The lowest BCUT2D eigenvalue weighted by molar-refractivity contribution is 0.461. The molecule has 0 radical (unpaired) electrons. The first-order valence-electron chi connectivity index (χ1n) is 5.83. The van der Waals surface area contributed by atoms with Crippen LogP contribution in [0.2, 0.25) is 0 Å². The van der Waals surface area contributed by atoms with Crippen LogP contribution < -0.4 is 0 Å². The maximum atomic E-state index is 2.39. The van der Waals surface area contributed by atoms with Crippen LogP contribution in [0.5, 0.6) is 0 Å². The Morgan fingerprint density at radius 2 is 1.83 bits per heavy atom. The SMILES string of the molecule is CC.CCCCC1CCC(C)C1. The van der Waals surface area contributed by atoms with Gasteiger partial charge in [0.2, 0.25) is 0 Å². The van der Waals surface area contributed by atoms with Crippen molar-refractivity contribution in [3.8, 4) is 0 Å². The van der Waals surface area contributed by atoms with Gasteiger partial charge in [0.1, 0.15) is 0 Å². The van der Waals surface area contributed by atoms with Gasteiger partial charge in [-0.15, -0.1) is 0 Å². The summed E-state index contributed by atoms with van der Waals surface area (Å²) in [5.41, 5.74) is 0. The maximum absolute atomic E-state index is 2.39. The zero-order valence-corrected chi connectivity index (χ0v) is 9.40. The van der Waals surface area contributed by atoms with E-state index in [1.165, 1.54) is 38.5 Å². The van der Waals surface area contributed by atoms with Gasteiger partial charge in [-0.3, -0.25) is 0 Å². The maximum Gasteiger partial charge on any atom is -0.0412 e. The molecule has 0 heteroatoms. The third-order valence-corrected chi connectivity index (χ3v) is 2.77. The molecule has 0 aromatic rings. The molecule has 12 heavy (non-hydrogen) atoms. The third kappa shape index (κ3) is 4.79. The first-order valence-corrected chi connectivity index (χ1v) is 5.83. The molecule has 0 heterocycles. The van der Waals surface area contributed by atoms with Gasteiger partial charge in [0, 0.05) is 0 Å². The van der Waals surface area contributed by atoms with Crippen LogP contribution in [-0.4, -0.2) is 0 Å². The van der Waals surface area contributed by atoms with E-state index >= 15 is 0 Å². The molecule has 2 unspecified atom stereocenters. The van der Waals surface area contributed by atoms with E-state index in [1.807, 2.05) is 13.8 Å². The number of hydrogen-bond donors (Lipinski definition) is 0. The van der Waals surface area contributed by atoms with Gasteiger partial charge in [0.25, 0.3) is 0 Å². The summed E-state index contributed by atoms with van der Waals surface area (Å²) in [6, 6.07) is 0. The van der Waals surface area contributed by atoms with E-state index in [0.29, 0.717) is 0 Å².